The summed E-state index contributed by atoms with van der Waals surface area (Å²) in [7, 11) is 2.08. The van der Waals surface area contributed by atoms with Crippen LogP contribution in [-0.2, 0) is 0 Å². The topological polar surface area (TPSA) is 12.0 Å². The highest BCUT2D eigenvalue weighted by Gasteiger charge is 2.28. The summed E-state index contributed by atoms with van der Waals surface area (Å²) in [4.78, 5) is 0. The summed E-state index contributed by atoms with van der Waals surface area (Å²) in [6, 6.07) is 0. The quantitative estimate of drug-likeness (QED) is 0.708. The van der Waals surface area contributed by atoms with E-state index in [4.69, 9.17) is 0 Å². The van der Waals surface area contributed by atoms with Gasteiger partial charge in [-0.15, -0.1) is 0 Å². The smallest absolute Gasteiger partial charge is 0.000470 e. The first-order valence-electron chi connectivity index (χ1n) is 5.97. The van der Waals surface area contributed by atoms with E-state index in [1.54, 1.807) is 0 Å². The van der Waals surface area contributed by atoms with Crippen molar-refractivity contribution in [2.24, 2.45) is 5.41 Å². The molecular formula is C12H27N. The minimum absolute atomic E-state index is 0.660. The fourth-order valence-electron chi connectivity index (χ4n) is 2.33. The molecule has 0 spiro atoms. The summed E-state index contributed by atoms with van der Waals surface area (Å²) in [6.45, 7) is 7.56. The molecule has 0 amide bonds. The molecule has 1 aliphatic carbocycles. The van der Waals surface area contributed by atoms with Gasteiger partial charge in [-0.1, -0.05) is 40.0 Å². The largest absolute Gasteiger partial charge is 0.319 e. The van der Waals surface area contributed by atoms with Crippen LogP contribution in [0.4, 0.5) is 0 Å². The first-order chi connectivity index (χ1) is 6.33. The zero-order valence-corrected chi connectivity index (χ0v) is 9.95. The van der Waals surface area contributed by atoms with Gasteiger partial charge in [-0.25, -0.2) is 0 Å². The Kier molecular flexibility index (Phi) is 7.35. The van der Waals surface area contributed by atoms with Crippen LogP contribution in [0.5, 0.6) is 0 Å². The molecule has 0 saturated heterocycles. The average Bonchev–Trinajstić information content (AvgIpc) is 2.23. The molecule has 0 heterocycles. The van der Waals surface area contributed by atoms with Gasteiger partial charge in [0, 0.05) is 6.54 Å². The standard InChI is InChI=1S/C10H21N.C2H6/c1-3-10(9-11-2)7-5-4-6-8-10;1-2/h11H,3-9H2,1-2H3;1-2H3. The highest BCUT2D eigenvalue weighted by molar-refractivity contribution is 4.82. The molecule has 0 aliphatic heterocycles. The summed E-state index contributed by atoms with van der Waals surface area (Å²) in [5.41, 5.74) is 0.660. The lowest BCUT2D eigenvalue weighted by Gasteiger charge is -2.36. The first kappa shape index (κ1) is 13.0. The Morgan fingerprint density at radius 3 is 2.00 bits per heavy atom. The molecule has 0 unspecified atom stereocenters. The van der Waals surface area contributed by atoms with Gasteiger partial charge in [0.1, 0.15) is 0 Å². The maximum Gasteiger partial charge on any atom is 0.000470 e. The molecule has 1 N–H and O–H groups in total. The normalized spacial score (nSPS) is 20.3. The van der Waals surface area contributed by atoms with Gasteiger partial charge in [-0.2, -0.15) is 0 Å². The molecule has 13 heavy (non-hydrogen) atoms. The second-order valence-corrected chi connectivity index (χ2v) is 3.94. The first-order valence-corrected chi connectivity index (χ1v) is 5.97. The molecule has 1 nitrogen and oxygen atoms in total. The minimum Gasteiger partial charge on any atom is -0.319 e. The Labute approximate surface area is 84.3 Å². The van der Waals surface area contributed by atoms with Gasteiger partial charge in [0.25, 0.3) is 0 Å². The van der Waals surface area contributed by atoms with Crippen LogP contribution in [0.2, 0.25) is 0 Å². The third kappa shape index (κ3) is 4.12. The third-order valence-corrected chi connectivity index (χ3v) is 3.22. The summed E-state index contributed by atoms with van der Waals surface area (Å²) in [6.07, 6.45) is 8.62. The van der Waals surface area contributed by atoms with Crippen LogP contribution in [0.3, 0.4) is 0 Å². The van der Waals surface area contributed by atoms with Crippen LogP contribution in [0.1, 0.15) is 59.3 Å². The van der Waals surface area contributed by atoms with Crippen molar-refractivity contribution >= 4 is 0 Å². The fourth-order valence-corrected chi connectivity index (χ4v) is 2.33. The van der Waals surface area contributed by atoms with Gasteiger partial charge < -0.3 is 5.32 Å². The predicted octanol–water partition coefficient (Wildman–Crippen LogP) is 3.59. The van der Waals surface area contributed by atoms with Crippen molar-refractivity contribution in [3.63, 3.8) is 0 Å². The van der Waals surface area contributed by atoms with E-state index in [0.29, 0.717) is 5.41 Å². The second kappa shape index (κ2) is 7.37. The van der Waals surface area contributed by atoms with Crippen molar-refractivity contribution < 1.29 is 0 Å². The number of rotatable bonds is 3. The van der Waals surface area contributed by atoms with Gasteiger partial charge in [-0.05, 0) is 31.7 Å². The molecule has 1 heteroatoms. The predicted molar refractivity (Wildman–Crippen MR) is 61.1 cm³/mol. The number of hydrogen-bond acceptors (Lipinski definition) is 1. The van der Waals surface area contributed by atoms with E-state index in [9.17, 15) is 0 Å². The Balaban J connectivity index is 0.000000671. The molecule has 0 radical (unpaired) electrons. The summed E-state index contributed by atoms with van der Waals surface area (Å²) >= 11 is 0. The Bertz CT molecular complexity index is 98.2. The van der Waals surface area contributed by atoms with E-state index >= 15 is 0 Å². The van der Waals surface area contributed by atoms with Crippen LogP contribution in [0.25, 0.3) is 0 Å². The molecule has 0 aromatic carbocycles. The zero-order chi connectivity index (χ0) is 10.2. The van der Waals surface area contributed by atoms with Gasteiger partial charge >= 0.3 is 0 Å². The number of hydrogen-bond donors (Lipinski definition) is 1. The van der Waals surface area contributed by atoms with Gasteiger partial charge in [0.2, 0.25) is 0 Å². The van der Waals surface area contributed by atoms with E-state index in [-0.39, 0.29) is 0 Å². The molecular weight excluding hydrogens is 158 g/mol. The van der Waals surface area contributed by atoms with Gasteiger partial charge in [-0.3, -0.25) is 0 Å². The molecule has 1 saturated carbocycles. The van der Waals surface area contributed by atoms with Crippen LogP contribution >= 0.6 is 0 Å². The second-order valence-electron chi connectivity index (χ2n) is 3.94. The van der Waals surface area contributed by atoms with Crippen LogP contribution in [0.15, 0.2) is 0 Å². The zero-order valence-electron chi connectivity index (χ0n) is 9.95. The van der Waals surface area contributed by atoms with Crippen molar-refractivity contribution in [1.29, 1.82) is 0 Å². The Hall–Kier alpha value is -0.0400. The van der Waals surface area contributed by atoms with Crippen LogP contribution in [0, 0.1) is 5.41 Å². The van der Waals surface area contributed by atoms with E-state index in [2.05, 4.69) is 19.3 Å². The summed E-state index contributed by atoms with van der Waals surface area (Å²) < 4.78 is 0. The molecule has 1 fully saturated rings. The van der Waals surface area contributed by atoms with Crippen molar-refractivity contribution in [2.45, 2.75) is 59.3 Å². The molecule has 0 atom stereocenters. The van der Waals surface area contributed by atoms with E-state index < -0.39 is 0 Å². The van der Waals surface area contributed by atoms with Crippen molar-refractivity contribution in [2.75, 3.05) is 13.6 Å². The van der Waals surface area contributed by atoms with Crippen LogP contribution in [-0.4, -0.2) is 13.6 Å². The lowest BCUT2D eigenvalue weighted by atomic mass is 9.72. The fraction of sp³-hybridized carbons (Fsp3) is 1.00. The average molecular weight is 185 g/mol. The number of nitrogens with one attached hydrogen (secondary N) is 1. The summed E-state index contributed by atoms with van der Waals surface area (Å²) in [5.74, 6) is 0. The lowest BCUT2D eigenvalue weighted by Crippen LogP contribution is -2.33. The van der Waals surface area contributed by atoms with E-state index in [1.165, 1.54) is 45.1 Å². The van der Waals surface area contributed by atoms with Gasteiger partial charge in [0.05, 0.1) is 0 Å². The lowest BCUT2D eigenvalue weighted by molar-refractivity contribution is 0.178. The highest BCUT2D eigenvalue weighted by atomic mass is 14.8. The molecule has 0 aromatic rings. The molecule has 1 rings (SSSR count). The Morgan fingerprint density at radius 2 is 1.62 bits per heavy atom. The van der Waals surface area contributed by atoms with Crippen molar-refractivity contribution in [1.82, 2.24) is 5.32 Å². The van der Waals surface area contributed by atoms with E-state index in [1.807, 2.05) is 13.8 Å². The highest BCUT2D eigenvalue weighted by Crippen LogP contribution is 2.38. The monoisotopic (exact) mass is 185 g/mol. The maximum atomic E-state index is 3.33. The molecule has 80 valence electrons. The van der Waals surface area contributed by atoms with Gasteiger partial charge in [0.15, 0.2) is 0 Å². The van der Waals surface area contributed by atoms with E-state index in [0.717, 1.165) is 0 Å². The minimum atomic E-state index is 0.660. The SMILES string of the molecule is CC.CCC1(CNC)CCCCC1. The molecule has 0 aromatic heterocycles. The summed E-state index contributed by atoms with van der Waals surface area (Å²) in [5, 5.41) is 3.33. The van der Waals surface area contributed by atoms with Crippen molar-refractivity contribution in [3.8, 4) is 0 Å². The van der Waals surface area contributed by atoms with Crippen molar-refractivity contribution in [3.05, 3.63) is 0 Å². The Morgan fingerprint density at radius 1 is 1.08 bits per heavy atom. The molecule has 1 aliphatic rings. The third-order valence-electron chi connectivity index (χ3n) is 3.22. The molecule has 0 bridgehead atoms. The maximum absolute atomic E-state index is 3.33. The van der Waals surface area contributed by atoms with Crippen LogP contribution < -0.4 is 5.32 Å².